The average Bonchev–Trinajstić information content (AvgIpc) is 2.72. The summed E-state index contributed by atoms with van der Waals surface area (Å²) in [5, 5.41) is 7.84. The van der Waals surface area contributed by atoms with Crippen molar-refractivity contribution < 1.29 is 4.39 Å². The van der Waals surface area contributed by atoms with Crippen molar-refractivity contribution in [3.63, 3.8) is 0 Å². The van der Waals surface area contributed by atoms with Gasteiger partial charge in [0.25, 0.3) is 0 Å². The number of pyridine rings is 1. The SMILES string of the molecule is N=CC1=C(N)CC2CCCCC2C1/C=C/c1ccc(-c2cccc(F)c2)cn1. The molecule has 1 fully saturated rings. The summed E-state index contributed by atoms with van der Waals surface area (Å²) in [6.07, 6.45) is 13.4. The van der Waals surface area contributed by atoms with E-state index >= 15 is 0 Å². The van der Waals surface area contributed by atoms with Crippen molar-refractivity contribution in [1.29, 1.82) is 5.41 Å². The summed E-state index contributed by atoms with van der Waals surface area (Å²) in [6, 6.07) is 10.5. The van der Waals surface area contributed by atoms with Gasteiger partial charge in [0.05, 0.1) is 5.69 Å². The van der Waals surface area contributed by atoms with Crippen LogP contribution in [0.2, 0.25) is 0 Å². The van der Waals surface area contributed by atoms with E-state index in [0.717, 1.165) is 34.5 Å². The van der Waals surface area contributed by atoms with Gasteiger partial charge in [-0.25, -0.2) is 4.39 Å². The van der Waals surface area contributed by atoms with E-state index in [2.05, 4.69) is 11.1 Å². The first-order valence-electron chi connectivity index (χ1n) is 10.0. The summed E-state index contributed by atoms with van der Waals surface area (Å²) >= 11 is 0. The largest absolute Gasteiger partial charge is 0.402 e. The molecule has 2 aliphatic rings. The molecule has 3 N–H and O–H groups in total. The maximum absolute atomic E-state index is 13.4. The van der Waals surface area contributed by atoms with Gasteiger partial charge in [-0.05, 0) is 66.5 Å². The molecule has 1 saturated carbocycles. The Kier molecular flexibility index (Phi) is 5.38. The number of allylic oxidation sites excluding steroid dienone is 3. The molecule has 4 heteroatoms. The Balaban J connectivity index is 1.57. The highest BCUT2D eigenvalue weighted by atomic mass is 19.1. The van der Waals surface area contributed by atoms with Crippen molar-refractivity contribution in [3.05, 3.63) is 71.5 Å². The normalized spacial score (nSPS) is 25.0. The maximum Gasteiger partial charge on any atom is 0.123 e. The minimum Gasteiger partial charge on any atom is -0.402 e. The molecule has 3 unspecified atom stereocenters. The summed E-state index contributed by atoms with van der Waals surface area (Å²) in [7, 11) is 0. The zero-order chi connectivity index (χ0) is 19.5. The number of hydrogen-bond donors (Lipinski definition) is 2. The number of fused-ring (bicyclic) bond motifs is 1. The second kappa shape index (κ2) is 8.09. The van der Waals surface area contributed by atoms with Gasteiger partial charge in [-0.3, -0.25) is 4.98 Å². The fraction of sp³-hybridized carbons (Fsp3) is 0.333. The monoisotopic (exact) mass is 375 g/mol. The predicted octanol–water partition coefficient (Wildman–Crippen LogP) is 5.59. The molecule has 0 aliphatic heterocycles. The third-order valence-corrected chi connectivity index (χ3v) is 6.22. The molecular weight excluding hydrogens is 349 g/mol. The van der Waals surface area contributed by atoms with Crippen molar-refractivity contribution >= 4 is 12.3 Å². The fourth-order valence-electron chi connectivity index (χ4n) is 4.79. The second-order valence-electron chi connectivity index (χ2n) is 7.90. The molecule has 0 amide bonds. The molecule has 0 spiro atoms. The first kappa shape index (κ1) is 18.6. The van der Waals surface area contributed by atoms with Crippen LogP contribution in [0.3, 0.4) is 0 Å². The third-order valence-electron chi connectivity index (χ3n) is 6.22. The predicted molar refractivity (Wildman–Crippen MR) is 112 cm³/mol. The van der Waals surface area contributed by atoms with Gasteiger partial charge < -0.3 is 11.1 Å². The lowest BCUT2D eigenvalue weighted by Gasteiger charge is -2.41. The number of nitrogens with two attached hydrogens (primary N) is 1. The van der Waals surface area contributed by atoms with Gasteiger partial charge in [-0.15, -0.1) is 0 Å². The lowest BCUT2D eigenvalue weighted by Crippen LogP contribution is -2.34. The highest BCUT2D eigenvalue weighted by Gasteiger charge is 2.36. The number of halogens is 1. The molecule has 0 bridgehead atoms. The van der Waals surface area contributed by atoms with E-state index in [1.807, 2.05) is 24.3 Å². The van der Waals surface area contributed by atoms with Gasteiger partial charge >= 0.3 is 0 Å². The summed E-state index contributed by atoms with van der Waals surface area (Å²) in [5.41, 5.74) is 10.7. The van der Waals surface area contributed by atoms with E-state index in [0.29, 0.717) is 11.8 Å². The zero-order valence-corrected chi connectivity index (χ0v) is 15.9. The number of hydrogen-bond acceptors (Lipinski definition) is 3. The summed E-state index contributed by atoms with van der Waals surface area (Å²) in [4.78, 5) is 4.53. The Hall–Kier alpha value is -2.75. The Morgan fingerprint density at radius 1 is 1.11 bits per heavy atom. The molecule has 1 heterocycles. The minimum absolute atomic E-state index is 0.196. The number of benzene rings is 1. The van der Waals surface area contributed by atoms with Gasteiger partial charge in [0.1, 0.15) is 5.82 Å². The molecule has 0 saturated heterocycles. The highest BCUT2D eigenvalue weighted by Crippen LogP contribution is 2.45. The van der Waals surface area contributed by atoms with Crippen LogP contribution in [0.1, 0.15) is 37.8 Å². The van der Waals surface area contributed by atoms with Crippen LogP contribution >= 0.6 is 0 Å². The van der Waals surface area contributed by atoms with Crippen molar-refractivity contribution in [2.24, 2.45) is 23.5 Å². The molecule has 4 rings (SSSR count). The van der Waals surface area contributed by atoms with Gasteiger partial charge in [0.15, 0.2) is 0 Å². The smallest absolute Gasteiger partial charge is 0.123 e. The van der Waals surface area contributed by atoms with Crippen LogP contribution < -0.4 is 5.73 Å². The van der Waals surface area contributed by atoms with Gasteiger partial charge in [-0.1, -0.05) is 37.1 Å². The van der Waals surface area contributed by atoms with Gasteiger partial charge in [0.2, 0.25) is 0 Å². The molecular formula is C24H26FN3. The molecule has 3 atom stereocenters. The van der Waals surface area contributed by atoms with Gasteiger partial charge in [-0.2, -0.15) is 0 Å². The topological polar surface area (TPSA) is 62.8 Å². The third kappa shape index (κ3) is 3.77. The molecule has 2 aromatic rings. The number of rotatable bonds is 4. The van der Waals surface area contributed by atoms with E-state index in [4.69, 9.17) is 11.1 Å². The zero-order valence-electron chi connectivity index (χ0n) is 15.9. The van der Waals surface area contributed by atoms with E-state index in [1.54, 1.807) is 12.3 Å². The van der Waals surface area contributed by atoms with Crippen LogP contribution in [0.4, 0.5) is 4.39 Å². The van der Waals surface area contributed by atoms with Crippen molar-refractivity contribution in [1.82, 2.24) is 4.98 Å². The second-order valence-corrected chi connectivity index (χ2v) is 7.90. The Labute approximate surface area is 165 Å². The lowest BCUT2D eigenvalue weighted by atomic mass is 9.64. The summed E-state index contributed by atoms with van der Waals surface area (Å²) < 4.78 is 13.4. The van der Waals surface area contributed by atoms with Crippen LogP contribution in [-0.2, 0) is 0 Å². The van der Waals surface area contributed by atoms with Crippen molar-refractivity contribution in [2.45, 2.75) is 32.1 Å². The van der Waals surface area contributed by atoms with E-state index < -0.39 is 0 Å². The van der Waals surface area contributed by atoms with Crippen molar-refractivity contribution in [2.75, 3.05) is 0 Å². The molecule has 1 aromatic carbocycles. The lowest BCUT2D eigenvalue weighted by molar-refractivity contribution is 0.189. The van der Waals surface area contributed by atoms with Crippen molar-refractivity contribution in [3.8, 4) is 11.1 Å². The van der Waals surface area contributed by atoms with E-state index in [9.17, 15) is 4.39 Å². The first-order chi connectivity index (χ1) is 13.7. The fourth-order valence-corrected chi connectivity index (χ4v) is 4.79. The quantitative estimate of drug-likeness (QED) is 0.684. The molecule has 0 radical (unpaired) electrons. The minimum atomic E-state index is -0.246. The molecule has 3 nitrogen and oxygen atoms in total. The molecule has 1 aromatic heterocycles. The Morgan fingerprint density at radius 3 is 2.71 bits per heavy atom. The van der Waals surface area contributed by atoms with Crippen LogP contribution in [0.25, 0.3) is 17.2 Å². The van der Waals surface area contributed by atoms with Crippen LogP contribution in [-0.4, -0.2) is 11.2 Å². The number of aromatic nitrogens is 1. The summed E-state index contributed by atoms with van der Waals surface area (Å²) in [6.45, 7) is 0. The van der Waals surface area contributed by atoms with Crippen LogP contribution in [0.15, 0.2) is 59.9 Å². The standard InChI is InChI=1S/C24H26FN3/c25-19-6-3-5-16(12-19)18-8-9-20(28-15-18)10-11-22-21-7-2-1-4-17(21)13-24(27)23(22)14-26/h3,5-6,8-12,14-15,17,21-22,26H,1-2,4,7,13,27H2/b11-10+,26-14?. The number of nitrogens with one attached hydrogen (secondary N) is 1. The molecule has 144 valence electrons. The van der Waals surface area contributed by atoms with Crippen LogP contribution in [0.5, 0.6) is 0 Å². The van der Waals surface area contributed by atoms with E-state index in [1.165, 1.54) is 44.0 Å². The Morgan fingerprint density at radius 2 is 1.96 bits per heavy atom. The highest BCUT2D eigenvalue weighted by molar-refractivity contribution is 5.79. The number of nitrogens with zero attached hydrogens (tertiary/aromatic N) is 1. The average molecular weight is 375 g/mol. The van der Waals surface area contributed by atoms with Crippen LogP contribution in [0, 0.1) is 29.0 Å². The van der Waals surface area contributed by atoms with E-state index in [-0.39, 0.29) is 11.7 Å². The van der Waals surface area contributed by atoms with Gasteiger partial charge in [0, 0.05) is 29.6 Å². The first-order valence-corrected chi connectivity index (χ1v) is 10.0. The molecule has 28 heavy (non-hydrogen) atoms. The summed E-state index contributed by atoms with van der Waals surface area (Å²) in [5.74, 6) is 1.15. The molecule has 2 aliphatic carbocycles. The maximum atomic E-state index is 13.4. The Bertz CT molecular complexity index is 914.